The normalized spacial score (nSPS) is 12.0. The lowest BCUT2D eigenvalue weighted by atomic mass is 9.94. The van der Waals surface area contributed by atoms with Crippen molar-refractivity contribution in [3.8, 4) is 11.5 Å². The fourth-order valence-corrected chi connectivity index (χ4v) is 2.33. The molecule has 3 N–H and O–H groups in total. The van der Waals surface area contributed by atoms with Gasteiger partial charge in [0.15, 0.2) is 5.96 Å². The Balaban J connectivity index is 1.62. The summed E-state index contributed by atoms with van der Waals surface area (Å²) in [6.45, 7) is 6.48. The summed E-state index contributed by atoms with van der Waals surface area (Å²) < 4.78 is 11.5. The van der Waals surface area contributed by atoms with Gasteiger partial charge in [0.1, 0.15) is 23.8 Å². The topological polar surface area (TPSA) is 85.7 Å². The molecule has 140 valence electrons. The van der Waals surface area contributed by atoms with Crippen LogP contribution in [0.5, 0.6) is 11.5 Å². The number of aromatic nitrogens is 1. The second kappa shape index (κ2) is 7.95. The van der Waals surface area contributed by atoms with Crippen LogP contribution < -0.4 is 15.8 Å². The number of nitrogens with one attached hydrogen (secondary N) is 1. The lowest BCUT2D eigenvalue weighted by Gasteiger charge is -2.12. The second-order valence-corrected chi connectivity index (χ2v) is 7.14. The molecule has 0 atom stereocenters. The third-order valence-electron chi connectivity index (χ3n) is 3.76. The number of nitrogens with zero attached hydrogens (tertiary/aromatic N) is 2. The molecule has 3 aromatic rings. The van der Waals surface area contributed by atoms with Crippen LogP contribution >= 0.6 is 0 Å². The average molecular weight is 364 g/mol. The molecule has 0 radical (unpaired) electrons. The van der Waals surface area contributed by atoms with Crippen molar-refractivity contribution in [1.29, 1.82) is 0 Å². The van der Waals surface area contributed by atoms with Crippen LogP contribution in [0.25, 0.3) is 0 Å². The van der Waals surface area contributed by atoms with Gasteiger partial charge in [0.05, 0.1) is 6.20 Å². The quantitative estimate of drug-likeness (QED) is 0.507. The van der Waals surface area contributed by atoms with Gasteiger partial charge in [-0.05, 0) is 24.3 Å². The van der Waals surface area contributed by atoms with E-state index in [0.29, 0.717) is 11.6 Å². The van der Waals surface area contributed by atoms with Gasteiger partial charge in [0.2, 0.25) is 5.89 Å². The summed E-state index contributed by atoms with van der Waals surface area (Å²) in [4.78, 5) is 8.53. The lowest BCUT2D eigenvalue weighted by molar-refractivity contribution is 0.383. The zero-order valence-corrected chi connectivity index (χ0v) is 15.8. The Bertz CT molecular complexity index is 911. The van der Waals surface area contributed by atoms with Gasteiger partial charge in [0, 0.05) is 17.2 Å². The number of guanidine groups is 1. The van der Waals surface area contributed by atoms with Gasteiger partial charge in [0.25, 0.3) is 0 Å². The minimum Gasteiger partial charge on any atom is -0.457 e. The molecule has 6 nitrogen and oxygen atoms in total. The first-order valence-corrected chi connectivity index (χ1v) is 8.75. The number of anilines is 1. The molecule has 0 unspecified atom stereocenters. The molecule has 0 saturated heterocycles. The number of aliphatic imine (C=N–C) groups is 1. The SMILES string of the molecule is CC(C)(C)c1cnc(CN=C(N)Nc2cccc(Oc3ccccc3)c2)o1. The van der Waals surface area contributed by atoms with Crippen LogP contribution in [0.1, 0.15) is 32.4 Å². The summed E-state index contributed by atoms with van der Waals surface area (Å²) in [5, 5.41) is 3.05. The van der Waals surface area contributed by atoms with Gasteiger partial charge in [-0.3, -0.25) is 0 Å². The number of oxazole rings is 1. The largest absolute Gasteiger partial charge is 0.457 e. The van der Waals surface area contributed by atoms with Gasteiger partial charge < -0.3 is 20.2 Å². The fraction of sp³-hybridized carbons (Fsp3) is 0.238. The van der Waals surface area contributed by atoms with Crippen molar-refractivity contribution in [2.75, 3.05) is 5.32 Å². The maximum atomic E-state index is 5.98. The zero-order valence-electron chi connectivity index (χ0n) is 15.8. The van der Waals surface area contributed by atoms with Crippen LogP contribution in [-0.4, -0.2) is 10.9 Å². The summed E-state index contributed by atoms with van der Waals surface area (Å²) in [6.07, 6.45) is 1.73. The third-order valence-corrected chi connectivity index (χ3v) is 3.76. The molecule has 0 aliphatic rings. The molecule has 0 bridgehead atoms. The van der Waals surface area contributed by atoms with Crippen LogP contribution in [-0.2, 0) is 12.0 Å². The highest BCUT2D eigenvalue weighted by atomic mass is 16.5. The van der Waals surface area contributed by atoms with E-state index < -0.39 is 0 Å². The Morgan fingerprint density at radius 3 is 2.56 bits per heavy atom. The zero-order chi connectivity index (χ0) is 19.3. The molecule has 0 aliphatic carbocycles. The maximum absolute atomic E-state index is 5.98. The number of ether oxygens (including phenoxy) is 1. The Kier molecular flexibility index (Phi) is 5.45. The van der Waals surface area contributed by atoms with E-state index in [1.54, 1.807) is 6.20 Å². The molecule has 1 aromatic heterocycles. The van der Waals surface area contributed by atoms with Crippen molar-refractivity contribution in [3.63, 3.8) is 0 Å². The van der Waals surface area contributed by atoms with E-state index in [9.17, 15) is 0 Å². The van der Waals surface area contributed by atoms with E-state index in [4.69, 9.17) is 14.9 Å². The summed E-state index contributed by atoms with van der Waals surface area (Å²) in [5.74, 6) is 3.12. The van der Waals surface area contributed by atoms with E-state index in [1.165, 1.54) is 0 Å². The van der Waals surface area contributed by atoms with E-state index in [-0.39, 0.29) is 17.9 Å². The standard InChI is InChI=1S/C21H24N4O2/c1-21(2,3)18-13-23-19(27-18)14-24-20(22)25-15-8-7-11-17(12-15)26-16-9-5-4-6-10-16/h4-13H,14H2,1-3H3,(H3,22,24,25). The average Bonchev–Trinajstić information content (AvgIpc) is 3.11. The van der Waals surface area contributed by atoms with Crippen molar-refractivity contribution in [1.82, 2.24) is 4.98 Å². The van der Waals surface area contributed by atoms with Crippen molar-refractivity contribution >= 4 is 11.6 Å². The van der Waals surface area contributed by atoms with Crippen LogP contribution in [0, 0.1) is 0 Å². The third kappa shape index (κ3) is 5.34. The van der Waals surface area contributed by atoms with Crippen LogP contribution in [0.4, 0.5) is 5.69 Å². The van der Waals surface area contributed by atoms with Crippen molar-refractivity contribution in [3.05, 3.63) is 72.4 Å². The smallest absolute Gasteiger partial charge is 0.216 e. The number of hydrogen-bond donors (Lipinski definition) is 2. The van der Waals surface area contributed by atoms with Crippen molar-refractivity contribution in [2.45, 2.75) is 32.7 Å². The highest BCUT2D eigenvalue weighted by molar-refractivity contribution is 5.92. The minimum atomic E-state index is -0.0854. The predicted octanol–water partition coefficient (Wildman–Crippen LogP) is 4.69. The molecule has 27 heavy (non-hydrogen) atoms. The number of rotatable bonds is 5. The van der Waals surface area contributed by atoms with Gasteiger partial charge in [-0.25, -0.2) is 9.98 Å². The summed E-state index contributed by atoms with van der Waals surface area (Å²) in [7, 11) is 0. The number of nitrogens with two attached hydrogens (primary N) is 1. The van der Waals surface area contributed by atoms with Crippen molar-refractivity contribution < 1.29 is 9.15 Å². The van der Waals surface area contributed by atoms with Gasteiger partial charge in [-0.1, -0.05) is 45.0 Å². The van der Waals surface area contributed by atoms with Crippen LogP contribution in [0.2, 0.25) is 0 Å². The van der Waals surface area contributed by atoms with E-state index in [0.717, 1.165) is 17.2 Å². The molecule has 3 rings (SSSR count). The maximum Gasteiger partial charge on any atom is 0.216 e. The van der Waals surface area contributed by atoms with E-state index in [1.807, 2.05) is 54.6 Å². The molecule has 0 aliphatic heterocycles. The van der Waals surface area contributed by atoms with E-state index in [2.05, 4.69) is 36.1 Å². The molecule has 0 spiro atoms. The molecule has 2 aromatic carbocycles. The molecule has 0 amide bonds. The first-order chi connectivity index (χ1) is 12.9. The van der Waals surface area contributed by atoms with Gasteiger partial charge >= 0.3 is 0 Å². The molecular weight excluding hydrogens is 340 g/mol. The molecular formula is C21H24N4O2. The van der Waals surface area contributed by atoms with Gasteiger partial charge in [-0.2, -0.15) is 0 Å². The summed E-state index contributed by atoms with van der Waals surface area (Å²) in [5.41, 5.74) is 6.68. The molecule has 0 fully saturated rings. The Morgan fingerprint density at radius 1 is 1.11 bits per heavy atom. The molecule has 1 heterocycles. The second-order valence-electron chi connectivity index (χ2n) is 7.14. The first-order valence-electron chi connectivity index (χ1n) is 8.75. The van der Waals surface area contributed by atoms with Crippen molar-refractivity contribution in [2.24, 2.45) is 10.7 Å². The monoisotopic (exact) mass is 364 g/mol. The minimum absolute atomic E-state index is 0.0854. The molecule has 0 saturated carbocycles. The van der Waals surface area contributed by atoms with E-state index >= 15 is 0 Å². The summed E-state index contributed by atoms with van der Waals surface area (Å²) >= 11 is 0. The fourth-order valence-electron chi connectivity index (χ4n) is 2.33. The first kappa shape index (κ1) is 18.5. The Morgan fingerprint density at radius 2 is 1.85 bits per heavy atom. The van der Waals surface area contributed by atoms with Crippen LogP contribution in [0.15, 0.2) is 70.2 Å². The lowest BCUT2D eigenvalue weighted by Crippen LogP contribution is -2.22. The highest BCUT2D eigenvalue weighted by Crippen LogP contribution is 2.24. The summed E-state index contributed by atoms with van der Waals surface area (Å²) in [6, 6.07) is 17.1. The highest BCUT2D eigenvalue weighted by Gasteiger charge is 2.18. The Hall–Kier alpha value is -3.28. The number of para-hydroxylation sites is 1. The number of benzene rings is 2. The Labute approximate surface area is 159 Å². The number of hydrogen-bond acceptors (Lipinski definition) is 4. The van der Waals surface area contributed by atoms with Crippen LogP contribution in [0.3, 0.4) is 0 Å². The predicted molar refractivity (Wildman–Crippen MR) is 107 cm³/mol. The molecule has 6 heteroatoms. The van der Waals surface area contributed by atoms with Gasteiger partial charge in [-0.15, -0.1) is 0 Å².